The van der Waals surface area contributed by atoms with Crippen molar-refractivity contribution in [3.8, 4) is 5.75 Å². The lowest BCUT2D eigenvalue weighted by Gasteiger charge is -2.09. The van der Waals surface area contributed by atoms with Gasteiger partial charge in [-0.05, 0) is 25.1 Å². The molecule has 0 heterocycles. The Morgan fingerprint density at radius 3 is 2.68 bits per heavy atom. The first-order valence-electron chi connectivity index (χ1n) is 5.78. The predicted octanol–water partition coefficient (Wildman–Crippen LogP) is 2.44. The van der Waals surface area contributed by atoms with E-state index in [-0.39, 0.29) is 6.42 Å². The van der Waals surface area contributed by atoms with Crippen molar-refractivity contribution in [2.75, 3.05) is 19.5 Å². The van der Waals surface area contributed by atoms with Crippen LogP contribution in [0.25, 0.3) is 0 Å². The molecule has 0 saturated heterocycles. The lowest BCUT2D eigenvalue weighted by molar-refractivity contribution is -0.136. The van der Waals surface area contributed by atoms with Gasteiger partial charge in [-0.25, -0.2) is 4.79 Å². The fourth-order valence-electron chi connectivity index (χ4n) is 1.38. The van der Waals surface area contributed by atoms with Gasteiger partial charge in [0.05, 0.1) is 30.6 Å². The van der Waals surface area contributed by atoms with E-state index < -0.39 is 11.9 Å². The second-order valence-corrected chi connectivity index (χ2v) is 4.72. The number of thioether (sulfide) groups is 1. The number of methoxy groups -OCH3 is 1. The van der Waals surface area contributed by atoms with Crippen LogP contribution in [0, 0.1) is 0 Å². The van der Waals surface area contributed by atoms with Crippen LogP contribution in [0.5, 0.6) is 5.75 Å². The number of ether oxygens (including phenoxy) is 2. The molecule has 0 aliphatic carbocycles. The normalized spacial score (nSPS) is 10.0. The number of carboxylic acids is 1. The molecular formula is C13H16O5S. The van der Waals surface area contributed by atoms with Crippen molar-refractivity contribution in [2.45, 2.75) is 18.2 Å². The first-order chi connectivity index (χ1) is 9.08. The van der Waals surface area contributed by atoms with Crippen molar-refractivity contribution < 1.29 is 24.2 Å². The summed E-state index contributed by atoms with van der Waals surface area (Å²) < 4.78 is 10.1. The van der Waals surface area contributed by atoms with Crippen LogP contribution in [0.1, 0.15) is 23.7 Å². The maximum atomic E-state index is 11.6. The molecule has 1 rings (SSSR count). The molecular weight excluding hydrogens is 268 g/mol. The molecule has 0 radical (unpaired) electrons. The molecule has 0 amide bonds. The highest BCUT2D eigenvalue weighted by Crippen LogP contribution is 2.30. The van der Waals surface area contributed by atoms with Gasteiger partial charge in [-0.2, -0.15) is 0 Å². The second-order valence-electron chi connectivity index (χ2n) is 3.58. The third-order valence-corrected chi connectivity index (χ3v) is 3.29. The molecule has 0 bridgehead atoms. The molecule has 0 fully saturated rings. The average Bonchev–Trinajstić information content (AvgIpc) is 2.38. The molecule has 0 unspecified atom stereocenters. The van der Waals surface area contributed by atoms with Crippen molar-refractivity contribution >= 4 is 23.7 Å². The summed E-state index contributed by atoms with van der Waals surface area (Å²) in [6.45, 7) is 2.05. The molecule has 0 saturated carbocycles. The standard InChI is InChI=1S/C13H16O5S/c1-3-18-13(16)9-4-5-10(17-2)11(8-9)19-7-6-12(14)15/h4-5,8H,3,6-7H2,1-2H3,(H,14,15). The largest absolute Gasteiger partial charge is 0.496 e. The van der Waals surface area contributed by atoms with Crippen LogP contribution in [0.15, 0.2) is 23.1 Å². The average molecular weight is 284 g/mol. The first kappa shape index (κ1) is 15.4. The van der Waals surface area contributed by atoms with Gasteiger partial charge in [0.2, 0.25) is 0 Å². The van der Waals surface area contributed by atoms with Gasteiger partial charge in [0, 0.05) is 5.75 Å². The molecule has 1 aromatic rings. The summed E-state index contributed by atoms with van der Waals surface area (Å²) in [5.74, 6) is -0.223. The number of rotatable bonds is 7. The Labute approximate surface area is 115 Å². The molecule has 0 aliphatic rings. The predicted molar refractivity (Wildman–Crippen MR) is 71.9 cm³/mol. The van der Waals surface area contributed by atoms with Crippen LogP contribution in [0.4, 0.5) is 0 Å². The topological polar surface area (TPSA) is 72.8 Å². The molecule has 0 aromatic heterocycles. The fourth-order valence-corrected chi connectivity index (χ4v) is 2.38. The monoisotopic (exact) mass is 284 g/mol. The van der Waals surface area contributed by atoms with E-state index in [4.69, 9.17) is 14.6 Å². The highest BCUT2D eigenvalue weighted by Gasteiger charge is 2.11. The number of aliphatic carboxylic acids is 1. The van der Waals surface area contributed by atoms with Crippen LogP contribution < -0.4 is 4.74 Å². The van der Waals surface area contributed by atoms with Crippen molar-refractivity contribution in [2.24, 2.45) is 0 Å². The van der Waals surface area contributed by atoms with Gasteiger partial charge in [0.15, 0.2) is 0 Å². The highest BCUT2D eigenvalue weighted by molar-refractivity contribution is 7.99. The fraction of sp³-hybridized carbons (Fsp3) is 0.385. The lowest BCUT2D eigenvalue weighted by atomic mass is 10.2. The summed E-state index contributed by atoms with van der Waals surface area (Å²) in [6, 6.07) is 4.96. The van der Waals surface area contributed by atoms with E-state index >= 15 is 0 Å². The van der Waals surface area contributed by atoms with E-state index in [0.29, 0.717) is 23.7 Å². The zero-order valence-electron chi connectivity index (χ0n) is 10.8. The number of hydrogen-bond donors (Lipinski definition) is 1. The number of hydrogen-bond acceptors (Lipinski definition) is 5. The van der Waals surface area contributed by atoms with E-state index in [1.54, 1.807) is 25.1 Å². The molecule has 0 aliphatic heterocycles. The van der Waals surface area contributed by atoms with Gasteiger partial charge >= 0.3 is 11.9 Å². The van der Waals surface area contributed by atoms with Crippen LogP contribution in [0.2, 0.25) is 0 Å². The molecule has 0 spiro atoms. The Morgan fingerprint density at radius 1 is 1.37 bits per heavy atom. The summed E-state index contributed by atoms with van der Waals surface area (Å²) in [7, 11) is 1.53. The van der Waals surface area contributed by atoms with Crippen LogP contribution in [-0.2, 0) is 9.53 Å². The first-order valence-corrected chi connectivity index (χ1v) is 6.76. The van der Waals surface area contributed by atoms with Crippen molar-refractivity contribution in [1.82, 2.24) is 0 Å². The Hall–Kier alpha value is -1.69. The minimum Gasteiger partial charge on any atom is -0.496 e. The van der Waals surface area contributed by atoms with Gasteiger partial charge < -0.3 is 14.6 Å². The number of benzene rings is 1. The third-order valence-electron chi connectivity index (χ3n) is 2.25. The van der Waals surface area contributed by atoms with E-state index in [2.05, 4.69) is 0 Å². The Morgan fingerprint density at radius 2 is 2.11 bits per heavy atom. The maximum absolute atomic E-state index is 11.6. The summed E-state index contributed by atoms with van der Waals surface area (Å²) in [5, 5.41) is 8.61. The number of carbonyl (C=O) groups excluding carboxylic acids is 1. The summed E-state index contributed by atoms with van der Waals surface area (Å²) in [6.07, 6.45) is 0.0530. The Bertz CT molecular complexity index is 458. The Balaban J connectivity index is 2.83. The molecule has 104 valence electrons. The van der Waals surface area contributed by atoms with Gasteiger partial charge in [0.25, 0.3) is 0 Å². The minimum absolute atomic E-state index is 0.0530. The molecule has 19 heavy (non-hydrogen) atoms. The van der Waals surface area contributed by atoms with E-state index in [9.17, 15) is 9.59 Å². The maximum Gasteiger partial charge on any atom is 0.338 e. The zero-order chi connectivity index (χ0) is 14.3. The molecule has 0 atom stereocenters. The molecule has 5 nitrogen and oxygen atoms in total. The summed E-state index contributed by atoms with van der Waals surface area (Å²) in [5.41, 5.74) is 0.431. The van der Waals surface area contributed by atoms with Gasteiger partial charge in [-0.3, -0.25) is 4.79 Å². The number of carboxylic acid groups (broad SMARTS) is 1. The van der Waals surface area contributed by atoms with Gasteiger partial charge in [-0.15, -0.1) is 11.8 Å². The minimum atomic E-state index is -0.854. The van der Waals surface area contributed by atoms with Gasteiger partial charge in [-0.1, -0.05) is 0 Å². The molecule has 1 aromatic carbocycles. The van der Waals surface area contributed by atoms with E-state index in [1.807, 2.05) is 0 Å². The van der Waals surface area contributed by atoms with E-state index in [0.717, 1.165) is 4.90 Å². The summed E-state index contributed by atoms with van der Waals surface area (Å²) in [4.78, 5) is 22.8. The lowest BCUT2D eigenvalue weighted by Crippen LogP contribution is -2.05. The second kappa shape index (κ2) is 7.68. The van der Waals surface area contributed by atoms with Crippen molar-refractivity contribution in [3.63, 3.8) is 0 Å². The molecule has 6 heteroatoms. The smallest absolute Gasteiger partial charge is 0.338 e. The van der Waals surface area contributed by atoms with Crippen LogP contribution >= 0.6 is 11.8 Å². The van der Waals surface area contributed by atoms with Crippen molar-refractivity contribution in [3.05, 3.63) is 23.8 Å². The quantitative estimate of drug-likeness (QED) is 0.612. The SMILES string of the molecule is CCOC(=O)c1ccc(OC)c(SCCC(=O)O)c1. The van der Waals surface area contributed by atoms with Crippen molar-refractivity contribution in [1.29, 1.82) is 0 Å². The Kier molecular flexibility index (Phi) is 6.21. The highest BCUT2D eigenvalue weighted by atomic mass is 32.2. The van der Waals surface area contributed by atoms with Crippen LogP contribution in [-0.4, -0.2) is 36.5 Å². The number of carbonyl (C=O) groups is 2. The zero-order valence-corrected chi connectivity index (χ0v) is 11.7. The van der Waals surface area contributed by atoms with Crippen LogP contribution in [0.3, 0.4) is 0 Å². The van der Waals surface area contributed by atoms with E-state index in [1.165, 1.54) is 18.9 Å². The number of esters is 1. The third kappa shape index (κ3) is 4.82. The summed E-state index contributed by atoms with van der Waals surface area (Å²) >= 11 is 1.34. The molecule has 1 N–H and O–H groups in total. The van der Waals surface area contributed by atoms with Gasteiger partial charge in [0.1, 0.15) is 5.75 Å².